The van der Waals surface area contributed by atoms with Crippen molar-refractivity contribution >= 4 is 17.7 Å². The lowest BCUT2D eigenvalue weighted by Crippen LogP contribution is -2.49. The second-order valence-electron chi connectivity index (χ2n) is 5.16. The van der Waals surface area contributed by atoms with Crippen LogP contribution < -0.4 is 5.32 Å². The molecule has 0 radical (unpaired) electrons. The van der Waals surface area contributed by atoms with Crippen molar-refractivity contribution < 1.29 is 4.79 Å². The first-order valence-corrected chi connectivity index (χ1v) is 8.08. The fraction of sp³-hybridized carbons (Fsp3) is 0.533. The van der Waals surface area contributed by atoms with Crippen molar-refractivity contribution in [1.29, 1.82) is 5.26 Å². The summed E-state index contributed by atoms with van der Waals surface area (Å²) in [5.41, 5.74) is 0.488. The van der Waals surface area contributed by atoms with Gasteiger partial charge in [0, 0.05) is 18.1 Å². The molecule has 0 aliphatic heterocycles. The van der Waals surface area contributed by atoms with Gasteiger partial charge in [-0.1, -0.05) is 25.3 Å². The van der Waals surface area contributed by atoms with Gasteiger partial charge < -0.3 is 5.32 Å². The maximum absolute atomic E-state index is 12.0. The summed E-state index contributed by atoms with van der Waals surface area (Å²) in [7, 11) is 0. The molecule has 0 atom stereocenters. The first-order chi connectivity index (χ1) is 9.74. The molecule has 1 fully saturated rings. The first kappa shape index (κ1) is 14.9. The molecule has 106 valence electrons. The Morgan fingerprint density at radius 2 is 2.25 bits per heavy atom. The van der Waals surface area contributed by atoms with Gasteiger partial charge in [0.1, 0.15) is 5.54 Å². The van der Waals surface area contributed by atoms with E-state index in [1.54, 1.807) is 18.0 Å². The molecule has 0 saturated heterocycles. The van der Waals surface area contributed by atoms with Crippen LogP contribution in [0.25, 0.3) is 0 Å². The molecule has 0 unspecified atom stereocenters. The Balaban J connectivity index is 1.76. The summed E-state index contributed by atoms with van der Waals surface area (Å²) in [6.07, 6.45) is 8.32. The Morgan fingerprint density at radius 1 is 1.45 bits per heavy atom. The van der Waals surface area contributed by atoms with Crippen LogP contribution in [0.2, 0.25) is 0 Å². The van der Waals surface area contributed by atoms with Gasteiger partial charge in [0.2, 0.25) is 5.91 Å². The van der Waals surface area contributed by atoms with Gasteiger partial charge in [-0.05, 0) is 24.5 Å². The van der Waals surface area contributed by atoms with Gasteiger partial charge in [-0.3, -0.25) is 9.78 Å². The van der Waals surface area contributed by atoms with Crippen molar-refractivity contribution in [3.63, 3.8) is 0 Å². The Labute approximate surface area is 124 Å². The van der Waals surface area contributed by atoms with Gasteiger partial charge in [-0.15, -0.1) is 11.8 Å². The van der Waals surface area contributed by atoms with Crippen LogP contribution in [0.5, 0.6) is 0 Å². The molecule has 0 spiro atoms. The minimum absolute atomic E-state index is 0.0395. The molecule has 1 amide bonds. The van der Waals surface area contributed by atoms with E-state index < -0.39 is 5.54 Å². The second-order valence-corrected chi connectivity index (χ2v) is 6.14. The lowest BCUT2D eigenvalue weighted by Gasteiger charge is -2.31. The van der Waals surface area contributed by atoms with Crippen LogP contribution in [0.4, 0.5) is 0 Å². The van der Waals surface area contributed by atoms with Crippen LogP contribution in [0.1, 0.15) is 37.7 Å². The fourth-order valence-electron chi connectivity index (χ4n) is 2.47. The van der Waals surface area contributed by atoms with Crippen molar-refractivity contribution in [2.45, 2.75) is 43.4 Å². The average molecular weight is 289 g/mol. The number of amides is 1. The standard InChI is InChI=1S/C15H19N3OS/c16-12-15(6-2-1-3-7-15)18-14(19)11-20-10-13-5-4-8-17-9-13/h4-5,8-9H,1-3,6-7,10-11H2,(H,18,19). The number of nitriles is 1. The van der Waals surface area contributed by atoms with Crippen molar-refractivity contribution in [3.8, 4) is 6.07 Å². The third-order valence-electron chi connectivity index (χ3n) is 3.52. The lowest BCUT2D eigenvalue weighted by molar-refractivity contribution is -0.120. The molecule has 1 aromatic rings. The average Bonchev–Trinajstić information content (AvgIpc) is 2.49. The van der Waals surface area contributed by atoms with Gasteiger partial charge in [0.25, 0.3) is 0 Å². The third kappa shape index (κ3) is 4.24. The minimum atomic E-state index is -0.621. The molecular formula is C15H19N3OS. The van der Waals surface area contributed by atoms with E-state index in [0.717, 1.165) is 43.4 Å². The Morgan fingerprint density at radius 3 is 2.90 bits per heavy atom. The molecule has 1 aliphatic carbocycles. The minimum Gasteiger partial charge on any atom is -0.337 e. The van der Waals surface area contributed by atoms with E-state index in [4.69, 9.17) is 0 Å². The number of hydrogen-bond acceptors (Lipinski definition) is 4. The summed E-state index contributed by atoms with van der Waals surface area (Å²) >= 11 is 1.55. The maximum Gasteiger partial charge on any atom is 0.231 e. The Kier molecular flexibility index (Phi) is 5.42. The highest BCUT2D eigenvalue weighted by Crippen LogP contribution is 2.27. The van der Waals surface area contributed by atoms with Crippen LogP contribution in [-0.4, -0.2) is 22.2 Å². The fourth-order valence-corrected chi connectivity index (χ4v) is 3.23. The molecule has 1 saturated carbocycles. The molecule has 4 nitrogen and oxygen atoms in total. The highest BCUT2D eigenvalue weighted by molar-refractivity contribution is 7.99. The maximum atomic E-state index is 12.0. The van der Waals surface area contributed by atoms with Crippen molar-refractivity contribution in [2.75, 3.05) is 5.75 Å². The van der Waals surface area contributed by atoms with E-state index in [1.807, 2.05) is 18.3 Å². The molecule has 20 heavy (non-hydrogen) atoms. The largest absolute Gasteiger partial charge is 0.337 e. The molecule has 1 aliphatic rings. The molecule has 1 heterocycles. The van der Waals surface area contributed by atoms with Gasteiger partial charge in [0.15, 0.2) is 0 Å². The molecule has 1 aromatic heterocycles. The van der Waals surface area contributed by atoms with Gasteiger partial charge in [-0.25, -0.2) is 0 Å². The zero-order chi connectivity index (χ0) is 14.3. The van der Waals surface area contributed by atoms with Crippen LogP contribution in [-0.2, 0) is 10.5 Å². The van der Waals surface area contributed by atoms with E-state index in [1.165, 1.54) is 0 Å². The highest BCUT2D eigenvalue weighted by Gasteiger charge is 2.33. The number of pyridine rings is 1. The van der Waals surface area contributed by atoms with E-state index in [2.05, 4.69) is 16.4 Å². The summed E-state index contributed by atoms with van der Waals surface area (Å²) in [4.78, 5) is 16.0. The summed E-state index contributed by atoms with van der Waals surface area (Å²) in [6, 6.07) is 6.19. The zero-order valence-electron chi connectivity index (χ0n) is 11.5. The second kappa shape index (κ2) is 7.30. The number of hydrogen-bond donors (Lipinski definition) is 1. The van der Waals surface area contributed by atoms with Gasteiger partial charge in [0.05, 0.1) is 11.8 Å². The first-order valence-electron chi connectivity index (χ1n) is 6.93. The van der Waals surface area contributed by atoms with E-state index in [9.17, 15) is 10.1 Å². The van der Waals surface area contributed by atoms with E-state index in [0.29, 0.717) is 5.75 Å². The number of nitrogens with one attached hydrogen (secondary N) is 1. The number of aromatic nitrogens is 1. The number of carbonyl (C=O) groups is 1. The molecular weight excluding hydrogens is 270 g/mol. The van der Waals surface area contributed by atoms with Gasteiger partial charge >= 0.3 is 0 Å². The molecule has 0 aromatic carbocycles. The summed E-state index contributed by atoms with van der Waals surface area (Å²) in [5, 5.41) is 12.2. The van der Waals surface area contributed by atoms with Crippen LogP contribution in [0.3, 0.4) is 0 Å². The summed E-state index contributed by atoms with van der Waals surface area (Å²) in [6.45, 7) is 0. The smallest absolute Gasteiger partial charge is 0.231 e. The van der Waals surface area contributed by atoms with Crippen molar-refractivity contribution in [2.24, 2.45) is 0 Å². The molecule has 2 rings (SSSR count). The number of nitrogens with zero attached hydrogens (tertiary/aromatic N) is 2. The Bertz CT molecular complexity index is 478. The van der Waals surface area contributed by atoms with Crippen molar-refractivity contribution in [1.82, 2.24) is 10.3 Å². The van der Waals surface area contributed by atoms with E-state index in [-0.39, 0.29) is 5.91 Å². The van der Waals surface area contributed by atoms with E-state index >= 15 is 0 Å². The lowest BCUT2D eigenvalue weighted by atomic mass is 9.83. The highest BCUT2D eigenvalue weighted by atomic mass is 32.2. The SMILES string of the molecule is N#CC1(NC(=O)CSCc2cccnc2)CCCCC1. The third-order valence-corrected chi connectivity index (χ3v) is 4.53. The number of rotatable bonds is 5. The van der Waals surface area contributed by atoms with Gasteiger partial charge in [-0.2, -0.15) is 5.26 Å². The topological polar surface area (TPSA) is 65.8 Å². The predicted molar refractivity (Wildman–Crippen MR) is 80.0 cm³/mol. The number of thioether (sulfide) groups is 1. The normalized spacial score (nSPS) is 17.1. The predicted octanol–water partition coefficient (Wildman–Crippen LogP) is 2.66. The molecule has 0 bridgehead atoms. The monoisotopic (exact) mass is 289 g/mol. The van der Waals surface area contributed by atoms with Crippen LogP contribution in [0.15, 0.2) is 24.5 Å². The Hall–Kier alpha value is -1.54. The number of carbonyl (C=O) groups excluding carboxylic acids is 1. The quantitative estimate of drug-likeness (QED) is 0.905. The van der Waals surface area contributed by atoms with Crippen LogP contribution in [0, 0.1) is 11.3 Å². The van der Waals surface area contributed by atoms with Crippen molar-refractivity contribution in [3.05, 3.63) is 30.1 Å². The molecule has 1 N–H and O–H groups in total. The summed E-state index contributed by atoms with van der Waals surface area (Å²) < 4.78 is 0. The zero-order valence-corrected chi connectivity index (χ0v) is 12.3. The summed E-state index contributed by atoms with van der Waals surface area (Å²) in [5.74, 6) is 1.11. The molecule has 5 heteroatoms. The van der Waals surface area contributed by atoms with Crippen LogP contribution >= 0.6 is 11.8 Å².